The van der Waals surface area contributed by atoms with Crippen molar-refractivity contribution in [3.05, 3.63) is 24.1 Å². The maximum absolute atomic E-state index is 14.5. The van der Waals surface area contributed by atoms with Crippen LogP contribution in [0.25, 0.3) is 0 Å². The molecule has 2 unspecified atom stereocenters. The number of carbonyl (C=O) groups excluding carboxylic acids is 1. The number of nitrogens with zero attached hydrogens (tertiary/aromatic N) is 1. The van der Waals surface area contributed by atoms with Crippen molar-refractivity contribution in [2.45, 2.75) is 5.00 Å². The zero-order valence-electron chi connectivity index (χ0n) is 9.22. The topological polar surface area (TPSA) is 80.5 Å². The van der Waals surface area contributed by atoms with Gasteiger partial charge in [0.2, 0.25) is 5.91 Å². The lowest BCUT2D eigenvalue weighted by atomic mass is 9.97. The average Bonchev–Trinajstić information content (AvgIpc) is 2.21. The third-order valence-corrected chi connectivity index (χ3v) is 4.54. The molecular weight excluding hydrogens is 254 g/mol. The Labute approximate surface area is 97.6 Å². The number of primary amides is 1. The minimum atomic E-state index is -4.45. The van der Waals surface area contributed by atoms with Gasteiger partial charge in [-0.25, -0.2) is 21.5 Å². The fraction of sp³-hybridized carbons (Fsp3) is 0.444. The molecule has 0 aromatic heterocycles. The normalized spacial score (nSPS) is 29.2. The molecule has 1 amide bonds. The van der Waals surface area contributed by atoms with E-state index < -0.39 is 32.7 Å². The van der Waals surface area contributed by atoms with Gasteiger partial charge in [0.05, 0.1) is 0 Å². The molecule has 0 radical (unpaired) electrons. The number of carbonyl (C=O) groups is 1. The van der Waals surface area contributed by atoms with Crippen molar-refractivity contribution in [1.82, 2.24) is 4.31 Å². The molecule has 0 saturated heterocycles. The summed E-state index contributed by atoms with van der Waals surface area (Å²) in [7, 11) is -2.23. The lowest BCUT2D eigenvalue weighted by molar-refractivity contribution is -0.122. The Morgan fingerprint density at radius 1 is 1.53 bits per heavy atom. The third-order valence-electron chi connectivity index (χ3n) is 2.40. The van der Waals surface area contributed by atoms with Crippen LogP contribution in [0.2, 0.25) is 0 Å². The summed E-state index contributed by atoms with van der Waals surface area (Å²) in [6, 6.07) is 0. The van der Waals surface area contributed by atoms with Crippen LogP contribution >= 0.6 is 0 Å². The predicted octanol–water partition coefficient (Wildman–Crippen LogP) is 0.0683. The number of nitrogens with two attached hydrogens (primary N) is 1. The van der Waals surface area contributed by atoms with E-state index in [0.29, 0.717) is 22.5 Å². The van der Waals surface area contributed by atoms with E-state index in [1.54, 1.807) is 0 Å². The summed E-state index contributed by atoms with van der Waals surface area (Å²) in [5, 5.41) is -3.06. The molecule has 1 aliphatic rings. The number of sulfonamides is 1. The highest BCUT2D eigenvalue weighted by molar-refractivity contribution is 7.90. The van der Waals surface area contributed by atoms with Gasteiger partial charge < -0.3 is 5.73 Å². The zero-order chi connectivity index (χ0) is 13.4. The van der Waals surface area contributed by atoms with Gasteiger partial charge in [-0.1, -0.05) is 0 Å². The van der Waals surface area contributed by atoms with Gasteiger partial charge in [-0.3, -0.25) is 4.79 Å². The van der Waals surface area contributed by atoms with Gasteiger partial charge in [-0.2, -0.15) is 0 Å². The highest BCUT2D eigenvalue weighted by Crippen LogP contribution is 2.37. The quantitative estimate of drug-likeness (QED) is 0.784. The van der Waals surface area contributed by atoms with Gasteiger partial charge in [-0.15, -0.1) is 0 Å². The van der Waals surface area contributed by atoms with Crippen LogP contribution in [0.5, 0.6) is 0 Å². The molecule has 0 heterocycles. The lowest BCUT2D eigenvalue weighted by Gasteiger charge is -2.31. The predicted molar refractivity (Wildman–Crippen MR) is 57.5 cm³/mol. The summed E-state index contributed by atoms with van der Waals surface area (Å²) < 4.78 is 51.5. The van der Waals surface area contributed by atoms with Crippen molar-refractivity contribution in [3.8, 4) is 0 Å². The van der Waals surface area contributed by atoms with Crippen LogP contribution in [0.4, 0.5) is 8.78 Å². The number of amides is 1. The Morgan fingerprint density at radius 3 is 2.47 bits per heavy atom. The number of hydrogen-bond donors (Lipinski definition) is 1. The Morgan fingerprint density at radius 2 is 2.06 bits per heavy atom. The lowest BCUT2D eigenvalue weighted by Crippen LogP contribution is -2.50. The first kappa shape index (κ1) is 13.8. The molecule has 2 atom stereocenters. The van der Waals surface area contributed by atoms with Crippen LogP contribution in [0.15, 0.2) is 24.1 Å². The molecule has 96 valence electrons. The van der Waals surface area contributed by atoms with Gasteiger partial charge in [0, 0.05) is 14.1 Å². The Balaban J connectivity index is 3.38. The molecule has 1 aliphatic carbocycles. The van der Waals surface area contributed by atoms with E-state index in [0.717, 1.165) is 14.1 Å². The van der Waals surface area contributed by atoms with Crippen molar-refractivity contribution in [2.75, 3.05) is 14.1 Å². The van der Waals surface area contributed by atoms with Gasteiger partial charge >= 0.3 is 0 Å². The van der Waals surface area contributed by atoms with E-state index in [1.807, 2.05) is 0 Å². The molecule has 17 heavy (non-hydrogen) atoms. The molecule has 8 heteroatoms. The maximum atomic E-state index is 14.5. The van der Waals surface area contributed by atoms with Crippen LogP contribution in [0.3, 0.4) is 0 Å². The second-order valence-corrected chi connectivity index (χ2v) is 6.06. The number of alkyl halides is 1. The number of allylic oxidation sites excluding steroid dienone is 2. The molecule has 0 aliphatic heterocycles. The summed E-state index contributed by atoms with van der Waals surface area (Å²) >= 11 is 0. The molecule has 0 aromatic carbocycles. The zero-order valence-corrected chi connectivity index (χ0v) is 10.0. The molecular formula is C9H12F2N2O3S. The molecule has 1 rings (SSSR count). The van der Waals surface area contributed by atoms with E-state index in [9.17, 15) is 22.0 Å². The number of rotatable bonds is 3. The van der Waals surface area contributed by atoms with Gasteiger partial charge in [0.15, 0.2) is 0 Å². The molecule has 0 aromatic rings. The average molecular weight is 266 g/mol. The SMILES string of the molecule is CN(C)S(=O)(=O)C1(F)C=CC(F)=CC1C(N)=O. The van der Waals surface area contributed by atoms with Crippen molar-refractivity contribution < 1.29 is 22.0 Å². The van der Waals surface area contributed by atoms with Crippen molar-refractivity contribution in [2.24, 2.45) is 11.7 Å². The molecule has 0 spiro atoms. The van der Waals surface area contributed by atoms with Crippen LogP contribution in [-0.2, 0) is 14.8 Å². The third kappa shape index (κ3) is 2.09. The minimum Gasteiger partial charge on any atom is -0.369 e. The van der Waals surface area contributed by atoms with E-state index in [-0.39, 0.29) is 0 Å². The first-order valence-corrected chi connectivity index (χ1v) is 6.04. The molecule has 0 bridgehead atoms. The summed E-state index contributed by atoms with van der Waals surface area (Å²) in [5.74, 6) is -4.05. The summed E-state index contributed by atoms with van der Waals surface area (Å²) in [6.07, 6.45) is 1.71. The van der Waals surface area contributed by atoms with Gasteiger partial charge in [-0.05, 0) is 18.2 Å². The molecule has 2 N–H and O–H groups in total. The first-order valence-electron chi connectivity index (χ1n) is 4.60. The van der Waals surface area contributed by atoms with Gasteiger partial charge in [0.25, 0.3) is 15.0 Å². The summed E-state index contributed by atoms with van der Waals surface area (Å²) in [6.45, 7) is 0. The van der Waals surface area contributed by atoms with E-state index in [1.165, 1.54) is 0 Å². The van der Waals surface area contributed by atoms with Gasteiger partial charge in [0.1, 0.15) is 11.7 Å². The summed E-state index contributed by atoms with van der Waals surface area (Å²) in [4.78, 5) is 11.0. The van der Waals surface area contributed by atoms with E-state index in [2.05, 4.69) is 0 Å². The Bertz CT molecular complexity index is 498. The molecule has 5 nitrogen and oxygen atoms in total. The first-order chi connectivity index (χ1) is 7.63. The smallest absolute Gasteiger partial charge is 0.258 e. The monoisotopic (exact) mass is 266 g/mol. The van der Waals surface area contributed by atoms with Crippen LogP contribution < -0.4 is 5.73 Å². The molecule has 0 fully saturated rings. The van der Waals surface area contributed by atoms with Crippen LogP contribution in [0, 0.1) is 5.92 Å². The maximum Gasteiger partial charge on any atom is 0.258 e. The van der Waals surface area contributed by atoms with Crippen molar-refractivity contribution in [3.63, 3.8) is 0 Å². The van der Waals surface area contributed by atoms with Crippen LogP contribution in [-0.4, -0.2) is 37.7 Å². The standard InChI is InChI=1S/C9H12F2N2O3S/c1-13(2)17(15,16)9(11)4-3-6(10)5-7(9)8(12)14/h3-5,7H,1-2H3,(H2,12,14). The van der Waals surface area contributed by atoms with E-state index in [4.69, 9.17) is 5.73 Å². The second-order valence-electron chi connectivity index (χ2n) is 3.75. The molecule has 0 saturated carbocycles. The van der Waals surface area contributed by atoms with Crippen molar-refractivity contribution >= 4 is 15.9 Å². The largest absolute Gasteiger partial charge is 0.369 e. The second kappa shape index (κ2) is 4.19. The summed E-state index contributed by atoms with van der Waals surface area (Å²) in [5.41, 5.74) is 4.89. The fourth-order valence-electron chi connectivity index (χ4n) is 1.43. The van der Waals surface area contributed by atoms with Crippen molar-refractivity contribution in [1.29, 1.82) is 0 Å². The minimum absolute atomic E-state index is 0.493. The van der Waals surface area contributed by atoms with Crippen LogP contribution in [0.1, 0.15) is 0 Å². The number of halogens is 2. The highest BCUT2D eigenvalue weighted by atomic mass is 32.2. The highest BCUT2D eigenvalue weighted by Gasteiger charge is 2.53. The van der Waals surface area contributed by atoms with E-state index >= 15 is 0 Å². The fourth-order valence-corrected chi connectivity index (χ4v) is 2.73. The Kier molecular flexibility index (Phi) is 3.40. The Hall–Kier alpha value is -1.28. The number of hydrogen-bond acceptors (Lipinski definition) is 3.